The maximum atomic E-state index is 13.6. The fraction of sp³-hybridized carbons (Fsp3) is 0.649. The van der Waals surface area contributed by atoms with Crippen molar-refractivity contribution in [3.63, 3.8) is 0 Å². The van der Waals surface area contributed by atoms with Gasteiger partial charge < -0.3 is 43.8 Å². The fourth-order valence-electron chi connectivity index (χ4n) is 13.1. The molecule has 4 unspecified atom stereocenters. The molecule has 2 N–H and O–H groups in total. The largest absolute Gasteiger partial charge is 0.444 e. The number of carbonyl (C=O) groups excluding carboxylic acids is 4. The highest BCUT2D eigenvalue weighted by Crippen LogP contribution is 2.41. The molecule has 1 saturated carbocycles. The van der Waals surface area contributed by atoms with Crippen molar-refractivity contribution < 1.29 is 33.4 Å². The molecule has 6 heterocycles. The summed E-state index contributed by atoms with van der Waals surface area (Å²) in [5.41, 5.74) is 9.21. The number of nitrogens with zero attached hydrogens (tertiary/aromatic N) is 4. The summed E-state index contributed by atoms with van der Waals surface area (Å²) in [4.78, 5) is 55.4. The molecule has 2 aromatic heterocycles. The summed E-state index contributed by atoms with van der Waals surface area (Å²) in [6, 6.07) is 12.5. The van der Waals surface area contributed by atoms with E-state index in [9.17, 15) is 19.2 Å². The van der Waals surface area contributed by atoms with E-state index in [1.165, 1.54) is 82.8 Å². The SMILES string of the molecule is Cn1c2c(c3cc(C(=O)N4CCCC(NC(=O)C5CC5)C4)ccc31)CC(C1CCOCC1)CC2.Cn1c2c(c3cc(C(=O)N4CCCC(NC(=O)OC(C)(C)C)C4)ccc31)CC(C1CCOCC1)CC2. The molecule has 13 nitrogen and oxygen atoms in total. The first-order valence-electron chi connectivity index (χ1n) is 27.0. The molecule has 70 heavy (non-hydrogen) atoms. The van der Waals surface area contributed by atoms with Gasteiger partial charge in [0, 0.05) is 129 Å². The van der Waals surface area contributed by atoms with Crippen molar-refractivity contribution >= 4 is 45.6 Å². The van der Waals surface area contributed by atoms with E-state index >= 15 is 0 Å². The minimum atomic E-state index is -0.539. The maximum absolute atomic E-state index is 13.6. The van der Waals surface area contributed by atoms with Crippen LogP contribution in [0.5, 0.6) is 0 Å². The number of piperidine rings is 2. The number of likely N-dealkylation sites (tertiary alicyclic amines) is 2. The van der Waals surface area contributed by atoms with Crippen LogP contribution in [-0.2, 0) is 58.8 Å². The monoisotopic (exact) mass is 959 g/mol. The van der Waals surface area contributed by atoms with Gasteiger partial charge in [0.25, 0.3) is 11.8 Å². The second kappa shape index (κ2) is 20.7. The first-order valence-corrected chi connectivity index (χ1v) is 27.0. The van der Waals surface area contributed by atoms with Crippen molar-refractivity contribution in [2.75, 3.05) is 52.6 Å². The Balaban J connectivity index is 0.000000162. The highest BCUT2D eigenvalue weighted by Gasteiger charge is 2.36. The maximum Gasteiger partial charge on any atom is 0.407 e. The summed E-state index contributed by atoms with van der Waals surface area (Å²) in [5.74, 6) is 3.46. The zero-order chi connectivity index (χ0) is 48.7. The number of fused-ring (bicyclic) bond motifs is 6. The minimum absolute atomic E-state index is 0.0435. The summed E-state index contributed by atoms with van der Waals surface area (Å²) in [7, 11) is 4.34. The number of benzene rings is 2. The third-order valence-electron chi connectivity index (χ3n) is 17.1. The van der Waals surface area contributed by atoms with Crippen LogP contribution in [0.1, 0.15) is 141 Å². The average Bonchev–Trinajstić information content (AvgIpc) is 4.15. The molecule has 378 valence electrons. The van der Waals surface area contributed by atoms with Crippen LogP contribution in [0, 0.1) is 29.6 Å². The van der Waals surface area contributed by atoms with Crippen LogP contribution < -0.4 is 10.6 Å². The lowest BCUT2D eigenvalue weighted by Crippen LogP contribution is -2.50. The molecule has 3 aliphatic carbocycles. The highest BCUT2D eigenvalue weighted by atomic mass is 16.6. The number of ether oxygens (including phenoxy) is 3. The fourth-order valence-corrected chi connectivity index (χ4v) is 13.1. The van der Waals surface area contributed by atoms with Gasteiger partial charge in [-0.3, -0.25) is 14.4 Å². The first-order chi connectivity index (χ1) is 33.8. The molecule has 13 heteroatoms. The molecule has 4 saturated heterocycles. The van der Waals surface area contributed by atoms with Crippen molar-refractivity contribution in [2.24, 2.45) is 43.7 Å². The van der Waals surface area contributed by atoms with Crippen LogP contribution in [0.3, 0.4) is 0 Å². The predicted molar refractivity (Wildman–Crippen MR) is 272 cm³/mol. The van der Waals surface area contributed by atoms with Gasteiger partial charge in [-0.25, -0.2) is 4.79 Å². The van der Waals surface area contributed by atoms with E-state index in [1.807, 2.05) is 42.7 Å². The van der Waals surface area contributed by atoms with Gasteiger partial charge in [-0.15, -0.1) is 0 Å². The van der Waals surface area contributed by atoms with Crippen LogP contribution in [0.2, 0.25) is 0 Å². The molecule has 2 aromatic carbocycles. The Bertz CT molecular complexity index is 2570. The lowest BCUT2D eigenvalue weighted by atomic mass is 9.75. The summed E-state index contributed by atoms with van der Waals surface area (Å²) >= 11 is 0. The molecule has 4 atom stereocenters. The summed E-state index contributed by atoms with van der Waals surface area (Å²) in [6.07, 6.45) is 16.9. The first kappa shape index (κ1) is 48.7. The van der Waals surface area contributed by atoms with E-state index in [0.717, 1.165) is 126 Å². The number of hydrogen-bond donors (Lipinski definition) is 2. The Morgan fingerprint density at radius 3 is 1.49 bits per heavy atom. The van der Waals surface area contributed by atoms with E-state index < -0.39 is 11.7 Å². The number of hydrogen-bond acceptors (Lipinski definition) is 7. The number of carbonyl (C=O) groups is 4. The number of rotatable bonds is 7. The molecular formula is C57H78N6O7. The Labute approximate surface area is 414 Å². The number of aromatic nitrogens is 2. The van der Waals surface area contributed by atoms with Gasteiger partial charge >= 0.3 is 6.09 Å². The third-order valence-corrected chi connectivity index (χ3v) is 17.1. The molecule has 5 fully saturated rings. The standard InChI is InChI=1S/C29H41N3O4.C28H37N3O3/c1-29(2,3)36-28(34)30-22-6-5-13-32(18-22)27(33)21-8-10-26-24(17-21)23-16-20(7-9-25(23)31(26)4)19-11-14-35-15-12-19;1-30-25-8-6-20(18-10-13-34-14-11-18)15-23(25)24-16-21(7-9-26(24)30)28(33)31-12-2-3-22(17-31)29-27(32)19-4-5-19/h8,10,17,19-20,22H,5-7,9,11-16,18H2,1-4H3,(H,30,34);7,9,16,18-20,22H,2-6,8,10-15,17H2,1H3,(H,29,32). The van der Waals surface area contributed by atoms with E-state index in [-0.39, 0.29) is 35.7 Å². The van der Waals surface area contributed by atoms with Gasteiger partial charge in [-0.2, -0.15) is 0 Å². The van der Waals surface area contributed by atoms with Crippen LogP contribution in [0.4, 0.5) is 4.79 Å². The lowest BCUT2D eigenvalue weighted by Gasteiger charge is -2.34. The molecular weight excluding hydrogens is 881 g/mol. The topological polar surface area (TPSA) is 136 Å². The van der Waals surface area contributed by atoms with Crippen molar-refractivity contribution in [2.45, 2.75) is 141 Å². The summed E-state index contributed by atoms with van der Waals surface area (Å²) in [6.45, 7) is 11.8. The van der Waals surface area contributed by atoms with Gasteiger partial charge in [0.05, 0.1) is 0 Å². The molecule has 0 spiro atoms. The summed E-state index contributed by atoms with van der Waals surface area (Å²) < 4.78 is 21.3. The third kappa shape index (κ3) is 10.7. The quantitative estimate of drug-likeness (QED) is 0.189. The van der Waals surface area contributed by atoms with E-state index in [4.69, 9.17) is 14.2 Å². The van der Waals surface area contributed by atoms with E-state index in [1.54, 1.807) is 0 Å². The van der Waals surface area contributed by atoms with Crippen molar-refractivity contribution in [3.05, 3.63) is 70.0 Å². The van der Waals surface area contributed by atoms with E-state index in [2.05, 4.69) is 58.1 Å². The van der Waals surface area contributed by atoms with Gasteiger partial charge in [-0.05, 0) is 195 Å². The van der Waals surface area contributed by atoms with Crippen LogP contribution in [0.25, 0.3) is 21.8 Å². The Morgan fingerprint density at radius 1 is 0.586 bits per heavy atom. The molecule has 4 amide bonds. The van der Waals surface area contributed by atoms with E-state index in [0.29, 0.717) is 25.6 Å². The second-order valence-electron chi connectivity index (χ2n) is 22.9. The van der Waals surface area contributed by atoms with Crippen molar-refractivity contribution in [1.29, 1.82) is 0 Å². The number of amides is 4. The predicted octanol–water partition coefficient (Wildman–Crippen LogP) is 8.68. The number of aryl methyl sites for hydroxylation is 2. The zero-order valence-corrected chi connectivity index (χ0v) is 42.6. The lowest BCUT2D eigenvalue weighted by molar-refractivity contribution is -0.123. The second-order valence-corrected chi connectivity index (χ2v) is 22.9. The van der Waals surface area contributed by atoms with Gasteiger partial charge in [-0.1, -0.05) is 0 Å². The smallest absolute Gasteiger partial charge is 0.407 e. The molecule has 4 aliphatic heterocycles. The molecule has 4 aromatic rings. The van der Waals surface area contributed by atoms with Crippen molar-refractivity contribution in [1.82, 2.24) is 29.6 Å². The van der Waals surface area contributed by atoms with Gasteiger partial charge in [0.1, 0.15) is 5.60 Å². The Kier molecular flexibility index (Phi) is 14.4. The molecule has 7 aliphatic rings. The van der Waals surface area contributed by atoms with Gasteiger partial charge in [0.15, 0.2) is 0 Å². The van der Waals surface area contributed by atoms with Gasteiger partial charge in [0.2, 0.25) is 5.91 Å². The minimum Gasteiger partial charge on any atom is -0.444 e. The summed E-state index contributed by atoms with van der Waals surface area (Å²) in [5, 5.41) is 8.63. The number of nitrogens with one attached hydrogen (secondary N) is 2. The molecule has 0 radical (unpaired) electrons. The highest BCUT2D eigenvalue weighted by molar-refractivity contribution is 6.00. The van der Waals surface area contributed by atoms with Crippen molar-refractivity contribution in [3.8, 4) is 0 Å². The Morgan fingerprint density at radius 2 is 1.04 bits per heavy atom. The molecule has 11 rings (SSSR count). The normalized spacial score (nSPS) is 24.6. The van der Waals surface area contributed by atoms with Crippen LogP contribution >= 0.6 is 0 Å². The van der Waals surface area contributed by atoms with Crippen LogP contribution in [-0.4, -0.2) is 113 Å². The molecule has 0 bridgehead atoms. The zero-order valence-electron chi connectivity index (χ0n) is 42.6. The average molecular weight is 959 g/mol. The number of alkyl carbamates (subject to hydrolysis) is 1. The Hall–Kier alpha value is -4.88. The van der Waals surface area contributed by atoms with Crippen LogP contribution in [0.15, 0.2) is 36.4 Å².